The first kappa shape index (κ1) is 15.3. The first-order valence-electron chi connectivity index (χ1n) is 7.42. The summed E-state index contributed by atoms with van der Waals surface area (Å²) in [5, 5.41) is 6.60. The Hall–Kier alpha value is -0.0600. The normalized spacial score (nSPS) is 31.6. The molecule has 2 rings (SSSR count). The highest BCUT2D eigenvalue weighted by atomic mass is 32.2. The van der Waals surface area contributed by atoms with E-state index in [1.165, 1.54) is 23.6 Å². The Labute approximate surface area is 125 Å². The van der Waals surface area contributed by atoms with Crippen LogP contribution in [0.4, 0.5) is 0 Å². The summed E-state index contributed by atoms with van der Waals surface area (Å²) in [6.45, 7) is 10.3. The van der Waals surface area contributed by atoms with Crippen LogP contribution in [0, 0.1) is 18.8 Å². The quantitative estimate of drug-likeness (QED) is 0.875. The van der Waals surface area contributed by atoms with E-state index in [9.17, 15) is 0 Å². The molecular formula is C15H26N2S2. The molecule has 0 radical (unpaired) electrons. The number of hydrogen-bond acceptors (Lipinski definition) is 4. The standard InChI is InChI=1S/C15H26N2S2/c1-5-6-16-13-8-10(2)7-11(3)14(13)19-15-17-12(4)9-18-15/h9-11,13-14,16H,5-8H2,1-4H3. The number of thioether (sulfide) groups is 1. The Bertz CT molecular complexity index is 391. The molecule has 1 heterocycles. The van der Waals surface area contributed by atoms with E-state index in [1.54, 1.807) is 11.3 Å². The maximum Gasteiger partial charge on any atom is 0.150 e. The fraction of sp³-hybridized carbons (Fsp3) is 0.800. The molecule has 1 aromatic rings. The van der Waals surface area contributed by atoms with Crippen LogP contribution in [-0.4, -0.2) is 22.8 Å². The summed E-state index contributed by atoms with van der Waals surface area (Å²) in [5.41, 5.74) is 1.15. The predicted octanol–water partition coefficient (Wildman–Crippen LogP) is 4.35. The Morgan fingerprint density at radius 1 is 1.42 bits per heavy atom. The van der Waals surface area contributed by atoms with Crippen molar-refractivity contribution in [1.29, 1.82) is 0 Å². The molecular weight excluding hydrogens is 272 g/mol. The van der Waals surface area contributed by atoms with Crippen molar-refractivity contribution in [2.45, 2.75) is 62.6 Å². The van der Waals surface area contributed by atoms with Gasteiger partial charge in [-0.25, -0.2) is 4.98 Å². The zero-order valence-electron chi connectivity index (χ0n) is 12.5. The molecule has 1 aromatic heterocycles. The van der Waals surface area contributed by atoms with Gasteiger partial charge in [-0.3, -0.25) is 0 Å². The van der Waals surface area contributed by atoms with Gasteiger partial charge in [-0.05, 0) is 44.6 Å². The zero-order valence-corrected chi connectivity index (χ0v) is 14.1. The number of nitrogens with one attached hydrogen (secondary N) is 1. The molecule has 0 aromatic carbocycles. The van der Waals surface area contributed by atoms with Gasteiger partial charge >= 0.3 is 0 Å². The van der Waals surface area contributed by atoms with Crippen molar-refractivity contribution in [2.24, 2.45) is 11.8 Å². The maximum atomic E-state index is 4.63. The van der Waals surface area contributed by atoms with E-state index >= 15 is 0 Å². The van der Waals surface area contributed by atoms with Gasteiger partial charge in [0.15, 0.2) is 0 Å². The van der Waals surface area contributed by atoms with Crippen LogP contribution in [0.25, 0.3) is 0 Å². The summed E-state index contributed by atoms with van der Waals surface area (Å²) in [5.74, 6) is 1.62. The van der Waals surface area contributed by atoms with E-state index < -0.39 is 0 Å². The SMILES string of the molecule is CCCNC1CC(C)CC(C)C1Sc1nc(C)cs1. The number of aromatic nitrogens is 1. The van der Waals surface area contributed by atoms with Crippen molar-refractivity contribution in [3.05, 3.63) is 11.1 Å². The van der Waals surface area contributed by atoms with Crippen LogP contribution in [0.1, 0.15) is 45.7 Å². The first-order chi connectivity index (χ1) is 9.10. The third-order valence-electron chi connectivity index (χ3n) is 3.88. The summed E-state index contributed by atoms with van der Waals surface area (Å²) in [4.78, 5) is 4.63. The second-order valence-electron chi connectivity index (χ2n) is 5.95. The highest BCUT2D eigenvalue weighted by molar-refractivity contribution is 8.01. The van der Waals surface area contributed by atoms with E-state index in [0.29, 0.717) is 11.3 Å². The van der Waals surface area contributed by atoms with Crippen molar-refractivity contribution in [3.8, 4) is 0 Å². The minimum atomic E-state index is 0.646. The van der Waals surface area contributed by atoms with Crippen molar-refractivity contribution in [3.63, 3.8) is 0 Å². The minimum absolute atomic E-state index is 0.646. The number of aryl methyl sites for hydroxylation is 1. The summed E-state index contributed by atoms with van der Waals surface area (Å²) >= 11 is 3.79. The lowest BCUT2D eigenvalue weighted by Gasteiger charge is -2.39. The molecule has 1 saturated carbocycles. The van der Waals surface area contributed by atoms with Gasteiger partial charge in [-0.1, -0.05) is 32.5 Å². The molecule has 4 unspecified atom stereocenters. The van der Waals surface area contributed by atoms with Crippen LogP contribution < -0.4 is 5.32 Å². The smallest absolute Gasteiger partial charge is 0.150 e. The molecule has 4 heteroatoms. The average molecular weight is 299 g/mol. The van der Waals surface area contributed by atoms with E-state index in [2.05, 4.69) is 43.4 Å². The molecule has 1 fully saturated rings. The van der Waals surface area contributed by atoms with Gasteiger partial charge in [0.2, 0.25) is 0 Å². The van der Waals surface area contributed by atoms with Gasteiger partial charge in [-0.2, -0.15) is 0 Å². The summed E-state index contributed by atoms with van der Waals surface area (Å²) in [6.07, 6.45) is 3.88. The number of rotatable bonds is 5. The second kappa shape index (κ2) is 7.09. The molecule has 0 saturated heterocycles. The van der Waals surface area contributed by atoms with Gasteiger partial charge in [0, 0.05) is 22.4 Å². The van der Waals surface area contributed by atoms with E-state index in [4.69, 9.17) is 0 Å². The van der Waals surface area contributed by atoms with Crippen molar-refractivity contribution < 1.29 is 0 Å². The van der Waals surface area contributed by atoms with E-state index in [1.807, 2.05) is 11.8 Å². The second-order valence-corrected chi connectivity index (χ2v) is 8.23. The molecule has 108 valence electrons. The third-order valence-corrected chi connectivity index (χ3v) is 6.57. The van der Waals surface area contributed by atoms with Gasteiger partial charge in [0.25, 0.3) is 0 Å². The lowest BCUT2D eigenvalue weighted by molar-refractivity contribution is 0.249. The topological polar surface area (TPSA) is 24.9 Å². The molecule has 4 atom stereocenters. The molecule has 1 N–H and O–H groups in total. The Balaban J connectivity index is 2.04. The van der Waals surface area contributed by atoms with Crippen LogP contribution in [0.5, 0.6) is 0 Å². The predicted molar refractivity (Wildman–Crippen MR) is 86.1 cm³/mol. The Morgan fingerprint density at radius 3 is 2.84 bits per heavy atom. The molecule has 0 amide bonds. The fourth-order valence-corrected chi connectivity index (χ4v) is 5.42. The van der Waals surface area contributed by atoms with Crippen molar-refractivity contribution in [2.75, 3.05) is 6.54 Å². The van der Waals surface area contributed by atoms with Crippen LogP contribution >= 0.6 is 23.1 Å². The summed E-state index contributed by atoms with van der Waals surface area (Å²) in [7, 11) is 0. The first-order valence-corrected chi connectivity index (χ1v) is 9.18. The highest BCUT2D eigenvalue weighted by Gasteiger charge is 2.34. The van der Waals surface area contributed by atoms with Gasteiger partial charge in [0.05, 0.1) is 0 Å². The van der Waals surface area contributed by atoms with Crippen LogP contribution in [0.3, 0.4) is 0 Å². The van der Waals surface area contributed by atoms with Gasteiger partial charge < -0.3 is 5.32 Å². The summed E-state index contributed by atoms with van der Waals surface area (Å²) in [6, 6.07) is 0.646. The monoisotopic (exact) mass is 298 g/mol. The zero-order chi connectivity index (χ0) is 13.8. The lowest BCUT2D eigenvalue weighted by Crippen LogP contribution is -2.46. The minimum Gasteiger partial charge on any atom is -0.313 e. The molecule has 0 bridgehead atoms. The van der Waals surface area contributed by atoms with Crippen molar-refractivity contribution >= 4 is 23.1 Å². The molecule has 19 heavy (non-hydrogen) atoms. The fourth-order valence-electron chi connectivity index (χ4n) is 3.06. The number of thiazole rings is 1. The molecule has 1 aliphatic rings. The van der Waals surface area contributed by atoms with E-state index in [-0.39, 0.29) is 0 Å². The molecule has 0 spiro atoms. The third kappa shape index (κ3) is 4.20. The molecule has 1 aliphatic carbocycles. The average Bonchev–Trinajstić information content (AvgIpc) is 2.76. The summed E-state index contributed by atoms with van der Waals surface area (Å²) < 4.78 is 1.24. The van der Waals surface area contributed by atoms with Crippen molar-refractivity contribution in [1.82, 2.24) is 10.3 Å². The van der Waals surface area contributed by atoms with E-state index in [0.717, 1.165) is 24.1 Å². The number of nitrogens with zero attached hydrogens (tertiary/aromatic N) is 1. The largest absolute Gasteiger partial charge is 0.313 e. The maximum absolute atomic E-state index is 4.63. The highest BCUT2D eigenvalue weighted by Crippen LogP contribution is 2.40. The molecule has 2 nitrogen and oxygen atoms in total. The van der Waals surface area contributed by atoms with Crippen LogP contribution in [0.2, 0.25) is 0 Å². The van der Waals surface area contributed by atoms with Crippen LogP contribution in [-0.2, 0) is 0 Å². The lowest BCUT2D eigenvalue weighted by atomic mass is 9.80. The molecule has 0 aliphatic heterocycles. The Morgan fingerprint density at radius 2 is 2.21 bits per heavy atom. The number of hydrogen-bond donors (Lipinski definition) is 1. The Kier molecular flexibility index (Phi) is 5.72. The van der Waals surface area contributed by atoms with Crippen LogP contribution in [0.15, 0.2) is 9.72 Å². The van der Waals surface area contributed by atoms with Gasteiger partial charge in [0.1, 0.15) is 4.34 Å². The van der Waals surface area contributed by atoms with Gasteiger partial charge in [-0.15, -0.1) is 11.3 Å².